The van der Waals surface area contributed by atoms with Gasteiger partial charge in [0.05, 0.1) is 17.4 Å². The van der Waals surface area contributed by atoms with Crippen LogP contribution in [0.1, 0.15) is 41.5 Å². The van der Waals surface area contributed by atoms with Gasteiger partial charge in [-0.3, -0.25) is 14.7 Å². The van der Waals surface area contributed by atoms with E-state index in [4.69, 9.17) is 4.99 Å². The van der Waals surface area contributed by atoms with Crippen molar-refractivity contribution >= 4 is 29.4 Å². The number of carboxylic acids is 1. The minimum atomic E-state index is -1.01. The second-order valence-electron chi connectivity index (χ2n) is 10.4. The van der Waals surface area contributed by atoms with Gasteiger partial charge in [0.1, 0.15) is 0 Å². The van der Waals surface area contributed by atoms with Crippen molar-refractivity contribution in [2.75, 3.05) is 11.9 Å². The van der Waals surface area contributed by atoms with E-state index in [-0.39, 0.29) is 18.4 Å². The molecule has 4 aromatic rings. The van der Waals surface area contributed by atoms with Gasteiger partial charge in [-0.25, -0.2) is 4.79 Å². The minimum absolute atomic E-state index is 0.0659. The van der Waals surface area contributed by atoms with E-state index in [9.17, 15) is 14.7 Å². The summed E-state index contributed by atoms with van der Waals surface area (Å²) in [6, 6.07) is 35.7. The van der Waals surface area contributed by atoms with Crippen LogP contribution in [0.25, 0.3) is 6.08 Å². The predicted molar refractivity (Wildman–Crippen MR) is 169 cm³/mol. The van der Waals surface area contributed by atoms with Crippen molar-refractivity contribution in [3.8, 4) is 0 Å². The van der Waals surface area contributed by atoms with Crippen LogP contribution in [-0.4, -0.2) is 46.2 Å². The molecule has 5 rings (SSSR count). The highest BCUT2D eigenvalue weighted by Crippen LogP contribution is 2.25. The Morgan fingerprint density at radius 3 is 2.24 bits per heavy atom. The normalized spacial score (nSPS) is 16.4. The Morgan fingerprint density at radius 2 is 1.52 bits per heavy atom. The summed E-state index contributed by atoms with van der Waals surface area (Å²) < 4.78 is 0. The lowest BCUT2D eigenvalue weighted by atomic mass is 9.99. The number of rotatable bonds is 11. The number of carbonyl (C=O) groups excluding carboxylic acids is 1. The third-order valence-corrected chi connectivity index (χ3v) is 7.42. The predicted octanol–water partition coefficient (Wildman–Crippen LogP) is 6.68. The highest BCUT2D eigenvalue weighted by Gasteiger charge is 2.31. The average Bonchev–Trinajstić information content (AvgIpc) is 3.49. The number of anilines is 1. The number of carbonyl (C=O) groups is 2. The number of aliphatic carboxylic acids is 1. The number of hydrogen-bond donors (Lipinski definition) is 2. The molecule has 1 heterocycles. The van der Waals surface area contributed by atoms with Crippen LogP contribution >= 0.6 is 0 Å². The molecule has 4 aromatic carbocycles. The Kier molecular flexibility index (Phi) is 9.70. The number of likely N-dealkylation sites (tertiary alicyclic amines) is 1. The molecular formula is C36H35N3O3. The Labute approximate surface area is 247 Å². The smallest absolute Gasteiger partial charge is 0.328 e. The number of aliphatic imine (C=N–C) groups is 1. The van der Waals surface area contributed by atoms with Crippen LogP contribution in [0, 0.1) is 0 Å². The fourth-order valence-electron chi connectivity index (χ4n) is 5.30. The molecule has 1 unspecified atom stereocenters. The summed E-state index contributed by atoms with van der Waals surface area (Å²) in [5.41, 5.74) is 4.78. The molecule has 0 radical (unpaired) electrons. The van der Waals surface area contributed by atoms with Crippen LogP contribution < -0.4 is 5.32 Å². The summed E-state index contributed by atoms with van der Waals surface area (Å²) in [6.07, 6.45) is 5.72. The van der Waals surface area contributed by atoms with E-state index in [2.05, 4.69) is 22.3 Å². The lowest BCUT2D eigenvalue weighted by molar-refractivity contribution is -0.138. The topological polar surface area (TPSA) is 82.0 Å². The number of hydrogen-bond acceptors (Lipinski definition) is 4. The van der Waals surface area contributed by atoms with Crippen LogP contribution in [0.2, 0.25) is 0 Å². The fraction of sp³-hybridized carbons (Fsp3) is 0.194. The Balaban J connectivity index is 1.42. The molecule has 2 N–H and O–H groups in total. The quantitative estimate of drug-likeness (QED) is 0.202. The van der Waals surface area contributed by atoms with E-state index in [1.165, 1.54) is 5.56 Å². The highest BCUT2D eigenvalue weighted by molar-refractivity contribution is 6.17. The first-order valence-corrected chi connectivity index (χ1v) is 14.3. The first-order valence-electron chi connectivity index (χ1n) is 14.3. The maximum Gasteiger partial charge on any atom is 0.328 e. The molecule has 2 atom stereocenters. The largest absolute Gasteiger partial charge is 0.480 e. The zero-order valence-corrected chi connectivity index (χ0v) is 23.5. The van der Waals surface area contributed by atoms with Crippen molar-refractivity contribution in [1.82, 2.24) is 4.90 Å². The molecule has 0 spiro atoms. The number of nitrogens with zero attached hydrogens (tertiary/aromatic N) is 2. The summed E-state index contributed by atoms with van der Waals surface area (Å²) in [4.78, 5) is 33.0. The molecule has 42 heavy (non-hydrogen) atoms. The summed E-state index contributed by atoms with van der Waals surface area (Å²) in [5.74, 6) is -1.07. The van der Waals surface area contributed by atoms with Gasteiger partial charge in [-0.05, 0) is 43.0 Å². The second-order valence-corrected chi connectivity index (χ2v) is 10.4. The molecule has 1 amide bonds. The van der Waals surface area contributed by atoms with E-state index in [0.717, 1.165) is 30.5 Å². The molecule has 0 bridgehead atoms. The number of nitrogens with one attached hydrogen (secondary N) is 1. The molecule has 0 aromatic heterocycles. The lowest BCUT2D eigenvalue weighted by Crippen LogP contribution is -2.39. The minimum Gasteiger partial charge on any atom is -0.480 e. The summed E-state index contributed by atoms with van der Waals surface area (Å²) in [7, 11) is 0. The van der Waals surface area contributed by atoms with E-state index in [1.54, 1.807) is 0 Å². The standard InChI is InChI=1S/C36H35N3O3/c40-35(33-24-13-25-39(33)26-28-16-6-2-7-17-28)38-31-22-11-10-21-30(31)34(29-19-8-3-9-20-29)37-32(36(41)42)23-12-18-27-14-4-1-5-15-27/h1-12,14-22,32-33H,13,23-26H2,(H,38,40)(H,41,42)/b18-12+,37-34?/t32-,33?/m0/s1. The van der Waals surface area contributed by atoms with E-state index in [1.807, 2.05) is 115 Å². The van der Waals surface area contributed by atoms with Gasteiger partial charge in [0, 0.05) is 17.7 Å². The zero-order chi connectivity index (χ0) is 29.1. The third-order valence-electron chi connectivity index (χ3n) is 7.42. The zero-order valence-electron chi connectivity index (χ0n) is 23.5. The second kappa shape index (κ2) is 14.2. The lowest BCUT2D eigenvalue weighted by Gasteiger charge is -2.24. The Hall–Kier alpha value is -4.81. The van der Waals surface area contributed by atoms with Crippen molar-refractivity contribution in [3.05, 3.63) is 144 Å². The molecule has 0 aliphatic carbocycles. The fourth-order valence-corrected chi connectivity index (χ4v) is 5.30. The third kappa shape index (κ3) is 7.47. The molecule has 6 heteroatoms. The molecule has 212 valence electrons. The first-order chi connectivity index (χ1) is 20.6. The van der Waals surface area contributed by atoms with E-state index in [0.29, 0.717) is 23.5 Å². The van der Waals surface area contributed by atoms with Crippen LogP contribution in [0.3, 0.4) is 0 Å². The molecule has 1 aliphatic rings. The monoisotopic (exact) mass is 557 g/mol. The number of benzene rings is 4. The Bertz CT molecular complexity index is 1540. The summed E-state index contributed by atoms with van der Waals surface area (Å²) >= 11 is 0. The van der Waals surface area contributed by atoms with Crippen molar-refractivity contribution in [2.24, 2.45) is 4.99 Å². The van der Waals surface area contributed by atoms with Crippen molar-refractivity contribution in [1.29, 1.82) is 0 Å². The van der Waals surface area contributed by atoms with Gasteiger partial charge in [0.15, 0.2) is 6.04 Å². The summed E-state index contributed by atoms with van der Waals surface area (Å²) in [6.45, 7) is 1.58. The van der Waals surface area contributed by atoms with Gasteiger partial charge >= 0.3 is 5.97 Å². The van der Waals surface area contributed by atoms with E-state index >= 15 is 0 Å². The maximum atomic E-state index is 13.6. The molecule has 6 nitrogen and oxygen atoms in total. The van der Waals surface area contributed by atoms with Gasteiger partial charge in [-0.15, -0.1) is 0 Å². The van der Waals surface area contributed by atoms with Crippen LogP contribution in [-0.2, 0) is 16.1 Å². The molecule has 1 aliphatic heterocycles. The maximum absolute atomic E-state index is 13.6. The van der Waals surface area contributed by atoms with Crippen molar-refractivity contribution in [3.63, 3.8) is 0 Å². The Morgan fingerprint density at radius 1 is 0.881 bits per heavy atom. The average molecular weight is 558 g/mol. The van der Waals surface area contributed by atoms with Crippen LogP contribution in [0.4, 0.5) is 5.69 Å². The van der Waals surface area contributed by atoms with Gasteiger partial charge < -0.3 is 10.4 Å². The van der Waals surface area contributed by atoms with Gasteiger partial charge in [-0.2, -0.15) is 0 Å². The number of para-hydroxylation sites is 1. The number of carboxylic acid groups (broad SMARTS) is 1. The van der Waals surface area contributed by atoms with Gasteiger partial charge in [-0.1, -0.05) is 121 Å². The van der Waals surface area contributed by atoms with Crippen molar-refractivity contribution < 1.29 is 14.7 Å². The summed E-state index contributed by atoms with van der Waals surface area (Å²) in [5, 5.41) is 13.3. The number of amides is 1. The molecule has 1 fully saturated rings. The van der Waals surface area contributed by atoms with E-state index < -0.39 is 12.0 Å². The SMILES string of the molecule is O=C(Nc1ccccc1C(=N[C@@H](C/C=C/c1ccccc1)C(=O)O)c1ccccc1)C1CCCN1Cc1ccccc1. The van der Waals surface area contributed by atoms with Gasteiger partial charge in [0.2, 0.25) is 5.91 Å². The van der Waals surface area contributed by atoms with Crippen LogP contribution in [0.5, 0.6) is 0 Å². The molecular weight excluding hydrogens is 522 g/mol. The molecule has 0 saturated carbocycles. The molecule has 1 saturated heterocycles. The highest BCUT2D eigenvalue weighted by atomic mass is 16.4. The van der Waals surface area contributed by atoms with Crippen LogP contribution in [0.15, 0.2) is 126 Å². The van der Waals surface area contributed by atoms with Crippen molar-refractivity contribution in [2.45, 2.75) is 37.9 Å². The van der Waals surface area contributed by atoms with Gasteiger partial charge in [0.25, 0.3) is 0 Å². The first kappa shape index (κ1) is 28.7.